The Kier molecular flexibility index (Phi) is 1.58. The summed E-state index contributed by atoms with van der Waals surface area (Å²) >= 11 is 0. The third kappa shape index (κ3) is 1.24. The zero-order valence-corrected chi connectivity index (χ0v) is 6.74. The van der Waals surface area contributed by atoms with E-state index in [1.807, 2.05) is 0 Å². The lowest BCUT2D eigenvalue weighted by atomic mass is 10.1. The van der Waals surface area contributed by atoms with Crippen molar-refractivity contribution >= 4 is 0 Å². The Bertz CT molecular complexity index is 273. The van der Waals surface area contributed by atoms with Crippen molar-refractivity contribution in [1.82, 2.24) is 0 Å². The van der Waals surface area contributed by atoms with Crippen molar-refractivity contribution < 1.29 is 0 Å². The van der Waals surface area contributed by atoms with Gasteiger partial charge in [0.15, 0.2) is 0 Å². The van der Waals surface area contributed by atoms with Crippen molar-refractivity contribution in [2.45, 2.75) is 32.1 Å². The molecule has 0 heteroatoms. The van der Waals surface area contributed by atoms with Crippen LogP contribution in [0.1, 0.15) is 32.1 Å². The van der Waals surface area contributed by atoms with Crippen molar-refractivity contribution in [3.63, 3.8) is 0 Å². The minimum atomic E-state index is 1.01. The number of hydrogen-bond acceptors (Lipinski definition) is 0. The van der Waals surface area contributed by atoms with Gasteiger partial charge in [0.1, 0.15) is 0 Å². The van der Waals surface area contributed by atoms with Gasteiger partial charge in [0.2, 0.25) is 0 Å². The Labute approximate surface area is 68.0 Å². The van der Waals surface area contributed by atoms with Gasteiger partial charge >= 0.3 is 0 Å². The first kappa shape index (κ1) is 6.73. The van der Waals surface area contributed by atoms with E-state index in [0.717, 1.165) is 12.0 Å². The molecule has 0 aliphatic heterocycles. The van der Waals surface area contributed by atoms with Crippen molar-refractivity contribution in [3.05, 3.63) is 23.3 Å². The SMILES string of the molecule is C=C1C#CC(=C2CCCC2)C1. The van der Waals surface area contributed by atoms with E-state index in [2.05, 4.69) is 18.4 Å². The topological polar surface area (TPSA) is 0 Å². The van der Waals surface area contributed by atoms with E-state index in [1.165, 1.54) is 31.3 Å². The van der Waals surface area contributed by atoms with E-state index >= 15 is 0 Å². The standard InChI is InChI=1S/C11H12/c1-9-6-7-11(8-9)10-4-2-3-5-10/h1-5,8H2. The van der Waals surface area contributed by atoms with E-state index in [9.17, 15) is 0 Å². The largest absolute Gasteiger partial charge is 0.0870 e. The highest BCUT2D eigenvalue weighted by Gasteiger charge is 2.13. The van der Waals surface area contributed by atoms with Crippen LogP contribution in [0.2, 0.25) is 0 Å². The maximum atomic E-state index is 3.87. The van der Waals surface area contributed by atoms with Crippen LogP contribution in [-0.2, 0) is 0 Å². The highest BCUT2D eigenvalue weighted by atomic mass is 14.2. The molecule has 0 bridgehead atoms. The minimum Gasteiger partial charge on any atom is -0.0870 e. The predicted molar refractivity (Wildman–Crippen MR) is 47.0 cm³/mol. The van der Waals surface area contributed by atoms with Gasteiger partial charge < -0.3 is 0 Å². The number of hydrogen-bond donors (Lipinski definition) is 0. The molecule has 0 aromatic heterocycles. The first-order valence-corrected chi connectivity index (χ1v) is 4.27. The second-order valence-corrected chi connectivity index (χ2v) is 3.32. The van der Waals surface area contributed by atoms with Crippen LogP contribution in [0.15, 0.2) is 23.3 Å². The molecule has 0 unspecified atom stereocenters. The summed E-state index contributed by atoms with van der Waals surface area (Å²) in [5, 5.41) is 0. The van der Waals surface area contributed by atoms with E-state index in [4.69, 9.17) is 0 Å². The molecule has 0 aromatic carbocycles. The predicted octanol–water partition coefficient (Wildman–Crippen LogP) is 2.82. The Morgan fingerprint density at radius 1 is 1.09 bits per heavy atom. The van der Waals surface area contributed by atoms with Crippen molar-refractivity contribution in [3.8, 4) is 11.8 Å². The maximum absolute atomic E-state index is 3.87. The van der Waals surface area contributed by atoms with Gasteiger partial charge in [-0.15, -0.1) is 0 Å². The molecule has 1 fully saturated rings. The highest BCUT2D eigenvalue weighted by molar-refractivity contribution is 5.50. The molecule has 11 heavy (non-hydrogen) atoms. The molecular weight excluding hydrogens is 132 g/mol. The van der Waals surface area contributed by atoms with Gasteiger partial charge in [0, 0.05) is 17.6 Å². The van der Waals surface area contributed by atoms with Crippen LogP contribution in [0, 0.1) is 11.8 Å². The minimum absolute atomic E-state index is 1.01. The molecule has 0 aromatic rings. The van der Waals surface area contributed by atoms with Crippen LogP contribution in [0.5, 0.6) is 0 Å². The number of rotatable bonds is 0. The molecule has 2 aliphatic carbocycles. The number of allylic oxidation sites excluding steroid dienone is 3. The van der Waals surface area contributed by atoms with Crippen molar-refractivity contribution in [2.24, 2.45) is 0 Å². The third-order valence-corrected chi connectivity index (χ3v) is 2.41. The van der Waals surface area contributed by atoms with Crippen LogP contribution in [0.25, 0.3) is 0 Å². The van der Waals surface area contributed by atoms with Gasteiger partial charge in [-0.3, -0.25) is 0 Å². The summed E-state index contributed by atoms with van der Waals surface area (Å²) < 4.78 is 0. The lowest BCUT2D eigenvalue weighted by molar-refractivity contribution is 0.886. The fraction of sp³-hybridized carbons (Fsp3) is 0.455. The summed E-state index contributed by atoms with van der Waals surface area (Å²) in [4.78, 5) is 0. The molecule has 0 radical (unpaired) electrons. The maximum Gasteiger partial charge on any atom is 0.0128 e. The van der Waals surface area contributed by atoms with Crippen molar-refractivity contribution in [1.29, 1.82) is 0 Å². The van der Waals surface area contributed by atoms with Crippen molar-refractivity contribution in [2.75, 3.05) is 0 Å². The van der Waals surface area contributed by atoms with Crippen LogP contribution in [-0.4, -0.2) is 0 Å². The smallest absolute Gasteiger partial charge is 0.0128 e. The average molecular weight is 144 g/mol. The molecule has 0 saturated heterocycles. The zero-order valence-electron chi connectivity index (χ0n) is 6.74. The third-order valence-electron chi connectivity index (χ3n) is 2.41. The molecule has 0 N–H and O–H groups in total. The fourth-order valence-corrected chi connectivity index (χ4v) is 1.78. The zero-order chi connectivity index (χ0) is 7.68. The second kappa shape index (κ2) is 2.58. The fourth-order valence-electron chi connectivity index (χ4n) is 1.78. The first-order chi connectivity index (χ1) is 5.36. The van der Waals surface area contributed by atoms with Crippen LogP contribution < -0.4 is 0 Å². The van der Waals surface area contributed by atoms with E-state index in [0.29, 0.717) is 0 Å². The molecular formula is C11H12. The Hall–Kier alpha value is -0.960. The molecule has 1 saturated carbocycles. The van der Waals surface area contributed by atoms with Gasteiger partial charge in [0.05, 0.1) is 0 Å². The molecule has 0 heterocycles. The Balaban J connectivity index is 2.23. The summed E-state index contributed by atoms with van der Waals surface area (Å²) in [6, 6.07) is 0. The normalized spacial score (nSPS) is 22.4. The molecule has 56 valence electrons. The molecule has 0 nitrogen and oxygen atoms in total. The van der Waals surface area contributed by atoms with Crippen LogP contribution in [0.4, 0.5) is 0 Å². The van der Waals surface area contributed by atoms with E-state index < -0.39 is 0 Å². The molecule has 0 spiro atoms. The van der Waals surface area contributed by atoms with Gasteiger partial charge in [0.25, 0.3) is 0 Å². The second-order valence-electron chi connectivity index (χ2n) is 3.32. The summed E-state index contributed by atoms with van der Waals surface area (Å²) in [5.74, 6) is 6.22. The quantitative estimate of drug-likeness (QED) is 0.458. The summed E-state index contributed by atoms with van der Waals surface area (Å²) in [6.45, 7) is 3.87. The van der Waals surface area contributed by atoms with E-state index in [-0.39, 0.29) is 0 Å². The first-order valence-electron chi connectivity index (χ1n) is 4.27. The summed E-state index contributed by atoms with van der Waals surface area (Å²) in [5.41, 5.74) is 4.09. The van der Waals surface area contributed by atoms with Gasteiger partial charge in [-0.2, -0.15) is 0 Å². The van der Waals surface area contributed by atoms with E-state index in [1.54, 1.807) is 5.57 Å². The molecule has 0 amide bonds. The summed E-state index contributed by atoms with van der Waals surface area (Å²) in [6.07, 6.45) is 6.32. The Morgan fingerprint density at radius 3 is 2.36 bits per heavy atom. The average Bonchev–Trinajstić information content (AvgIpc) is 2.55. The molecule has 0 atom stereocenters. The lowest BCUT2D eigenvalue weighted by Crippen LogP contribution is -1.81. The van der Waals surface area contributed by atoms with Crippen LogP contribution in [0.3, 0.4) is 0 Å². The van der Waals surface area contributed by atoms with Gasteiger partial charge in [-0.05, 0) is 25.7 Å². The van der Waals surface area contributed by atoms with Gasteiger partial charge in [-0.25, -0.2) is 0 Å². The molecule has 2 aliphatic rings. The highest BCUT2D eigenvalue weighted by Crippen LogP contribution is 2.30. The Morgan fingerprint density at radius 2 is 1.82 bits per heavy atom. The van der Waals surface area contributed by atoms with Gasteiger partial charge in [-0.1, -0.05) is 24.0 Å². The summed E-state index contributed by atoms with van der Waals surface area (Å²) in [7, 11) is 0. The monoisotopic (exact) mass is 144 g/mol. The van der Waals surface area contributed by atoms with Crippen LogP contribution >= 0.6 is 0 Å². The lowest BCUT2D eigenvalue weighted by Gasteiger charge is -1.98. The molecule has 2 rings (SSSR count).